The van der Waals surface area contributed by atoms with Crippen molar-refractivity contribution in [2.75, 3.05) is 13.1 Å². The van der Waals surface area contributed by atoms with E-state index in [4.69, 9.17) is 5.73 Å². The van der Waals surface area contributed by atoms with Gasteiger partial charge in [-0.3, -0.25) is 9.69 Å². The molecule has 1 amide bonds. The van der Waals surface area contributed by atoms with Crippen molar-refractivity contribution in [2.45, 2.75) is 13.1 Å². The molecule has 98 valence electrons. The standard InChI is InChI=1S/C14H16N4O/c15-13(19)9-17-6-7-18-12(8-16-14(18)10-17)11-4-2-1-3-5-11/h1-5,8H,6-7,9-10H2,(H2,15,19). The van der Waals surface area contributed by atoms with Crippen molar-refractivity contribution in [1.82, 2.24) is 14.5 Å². The van der Waals surface area contributed by atoms with Gasteiger partial charge < -0.3 is 10.3 Å². The maximum atomic E-state index is 11.0. The molecule has 0 spiro atoms. The van der Waals surface area contributed by atoms with Crippen LogP contribution >= 0.6 is 0 Å². The second kappa shape index (κ2) is 4.85. The van der Waals surface area contributed by atoms with Gasteiger partial charge in [0.1, 0.15) is 5.82 Å². The molecule has 2 N–H and O–H groups in total. The van der Waals surface area contributed by atoms with Gasteiger partial charge in [-0.1, -0.05) is 30.3 Å². The van der Waals surface area contributed by atoms with Gasteiger partial charge in [-0.15, -0.1) is 0 Å². The van der Waals surface area contributed by atoms with Crippen LogP contribution in [0.4, 0.5) is 0 Å². The van der Waals surface area contributed by atoms with E-state index < -0.39 is 0 Å². The van der Waals surface area contributed by atoms with Crippen molar-refractivity contribution >= 4 is 5.91 Å². The molecular weight excluding hydrogens is 240 g/mol. The molecule has 1 aliphatic rings. The van der Waals surface area contributed by atoms with E-state index in [2.05, 4.69) is 21.7 Å². The first-order valence-corrected chi connectivity index (χ1v) is 6.34. The first-order valence-electron chi connectivity index (χ1n) is 6.34. The summed E-state index contributed by atoms with van der Waals surface area (Å²) in [7, 11) is 0. The molecule has 2 heterocycles. The smallest absolute Gasteiger partial charge is 0.231 e. The Bertz CT molecular complexity index is 591. The number of carbonyl (C=O) groups excluding carboxylic acids is 1. The predicted molar refractivity (Wildman–Crippen MR) is 72.1 cm³/mol. The van der Waals surface area contributed by atoms with Crippen LogP contribution in [0.1, 0.15) is 5.82 Å². The van der Waals surface area contributed by atoms with Crippen molar-refractivity contribution in [3.8, 4) is 11.3 Å². The molecule has 0 radical (unpaired) electrons. The molecule has 0 bridgehead atoms. The van der Waals surface area contributed by atoms with Crippen LogP contribution in [0.2, 0.25) is 0 Å². The lowest BCUT2D eigenvalue weighted by atomic mass is 10.1. The fraction of sp³-hybridized carbons (Fsp3) is 0.286. The van der Waals surface area contributed by atoms with E-state index in [-0.39, 0.29) is 5.91 Å². The van der Waals surface area contributed by atoms with Gasteiger partial charge in [-0.05, 0) is 5.56 Å². The molecule has 0 aliphatic carbocycles. The Labute approximate surface area is 111 Å². The van der Waals surface area contributed by atoms with Gasteiger partial charge >= 0.3 is 0 Å². The molecule has 5 heteroatoms. The molecule has 1 aromatic heterocycles. The van der Waals surface area contributed by atoms with Crippen molar-refractivity contribution in [3.63, 3.8) is 0 Å². The predicted octanol–water partition coefficient (Wildman–Crippen LogP) is 0.851. The lowest BCUT2D eigenvalue weighted by Crippen LogP contribution is -2.39. The first-order chi connectivity index (χ1) is 9.24. The van der Waals surface area contributed by atoms with Crippen molar-refractivity contribution < 1.29 is 4.79 Å². The summed E-state index contributed by atoms with van der Waals surface area (Å²) in [5.74, 6) is 0.703. The summed E-state index contributed by atoms with van der Waals surface area (Å²) >= 11 is 0. The molecule has 0 fully saturated rings. The zero-order valence-electron chi connectivity index (χ0n) is 10.6. The molecule has 0 saturated carbocycles. The number of imidazole rings is 1. The average molecular weight is 256 g/mol. The van der Waals surface area contributed by atoms with Gasteiger partial charge in [0, 0.05) is 13.1 Å². The molecule has 1 aromatic carbocycles. The van der Waals surface area contributed by atoms with Crippen LogP contribution in [-0.2, 0) is 17.9 Å². The summed E-state index contributed by atoms with van der Waals surface area (Å²) in [6, 6.07) is 10.2. The van der Waals surface area contributed by atoms with Gasteiger partial charge in [0.2, 0.25) is 5.91 Å². The second-order valence-corrected chi connectivity index (χ2v) is 4.75. The maximum Gasteiger partial charge on any atom is 0.231 e. The molecule has 19 heavy (non-hydrogen) atoms. The van der Waals surface area contributed by atoms with E-state index >= 15 is 0 Å². The number of amides is 1. The van der Waals surface area contributed by atoms with E-state index in [0.717, 1.165) is 24.6 Å². The normalized spacial score (nSPS) is 15.2. The van der Waals surface area contributed by atoms with Crippen molar-refractivity contribution in [1.29, 1.82) is 0 Å². The number of nitrogens with zero attached hydrogens (tertiary/aromatic N) is 3. The number of hydrogen-bond donors (Lipinski definition) is 1. The largest absolute Gasteiger partial charge is 0.369 e. The number of benzene rings is 1. The number of aromatic nitrogens is 2. The lowest BCUT2D eigenvalue weighted by Gasteiger charge is -2.27. The highest BCUT2D eigenvalue weighted by Gasteiger charge is 2.21. The highest BCUT2D eigenvalue weighted by atomic mass is 16.1. The monoisotopic (exact) mass is 256 g/mol. The van der Waals surface area contributed by atoms with E-state index in [1.54, 1.807) is 0 Å². The summed E-state index contributed by atoms with van der Waals surface area (Å²) in [6.45, 7) is 2.64. The number of rotatable bonds is 3. The van der Waals surface area contributed by atoms with E-state index in [1.807, 2.05) is 29.3 Å². The van der Waals surface area contributed by atoms with Gasteiger partial charge in [0.25, 0.3) is 0 Å². The molecular formula is C14H16N4O. The molecule has 0 saturated heterocycles. The molecule has 0 atom stereocenters. The Balaban J connectivity index is 1.86. The van der Waals surface area contributed by atoms with Crippen molar-refractivity contribution in [2.24, 2.45) is 5.73 Å². The van der Waals surface area contributed by atoms with Crippen LogP contribution in [0.3, 0.4) is 0 Å². The topological polar surface area (TPSA) is 64.2 Å². The average Bonchev–Trinajstić information content (AvgIpc) is 2.82. The Kier molecular flexibility index (Phi) is 3.05. The third kappa shape index (κ3) is 2.37. The van der Waals surface area contributed by atoms with Crippen LogP contribution in [0, 0.1) is 0 Å². The third-order valence-corrected chi connectivity index (χ3v) is 3.39. The van der Waals surface area contributed by atoms with Crippen LogP contribution < -0.4 is 5.73 Å². The zero-order chi connectivity index (χ0) is 13.2. The number of hydrogen-bond acceptors (Lipinski definition) is 3. The highest BCUT2D eigenvalue weighted by molar-refractivity contribution is 5.75. The molecule has 2 aromatic rings. The van der Waals surface area contributed by atoms with Crippen LogP contribution in [0.25, 0.3) is 11.3 Å². The van der Waals surface area contributed by atoms with Gasteiger partial charge in [-0.25, -0.2) is 4.98 Å². The fourth-order valence-corrected chi connectivity index (χ4v) is 2.50. The lowest BCUT2D eigenvalue weighted by molar-refractivity contribution is -0.119. The SMILES string of the molecule is NC(=O)CN1CCn2c(-c3ccccc3)cnc2C1. The van der Waals surface area contributed by atoms with Crippen LogP contribution in [0.5, 0.6) is 0 Å². The summed E-state index contributed by atoms with van der Waals surface area (Å²) in [5.41, 5.74) is 7.54. The minimum Gasteiger partial charge on any atom is -0.369 e. The summed E-state index contributed by atoms with van der Waals surface area (Å²) < 4.78 is 2.22. The van der Waals surface area contributed by atoms with E-state index in [0.29, 0.717) is 13.1 Å². The number of primary amides is 1. The summed E-state index contributed by atoms with van der Waals surface area (Å²) in [6.07, 6.45) is 1.90. The van der Waals surface area contributed by atoms with Gasteiger partial charge in [0.15, 0.2) is 0 Å². The number of fused-ring (bicyclic) bond motifs is 1. The van der Waals surface area contributed by atoms with E-state index in [1.165, 1.54) is 5.56 Å². The maximum absolute atomic E-state index is 11.0. The zero-order valence-corrected chi connectivity index (χ0v) is 10.6. The molecule has 0 unspecified atom stereocenters. The fourth-order valence-electron chi connectivity index (χ4n) is 2.50. The van der Waals surface area contributed by atoms with Gasteiger partial charge in [0.05, 0.1) is 25.0 Å². The minimum atomic E-state index is -0.289. The highest BCUT2D eigenvalue weighted by Crippen LogP contribution is 2.23. The second-order valence-electron chi connectivity index (χ2n) is 4.75. The Morgan fingerprint density at radius 1 is 1.26 bits per heavy atom. The van der Waals surface area contributed by atoms with Gasteiger partial charge in [-0.2, -0.15) is 0 Å². The summed E-state index contributed by atoms with van der Waals surface area (Å²) in [4.78, 5) is 17.4. The Morgan fingerprint density at radius 3 is 2.79 bits per heavy atom. The van der Waals surface area contributed by atoms with Crippen molar-refractivity contribution in [3.05, 3.63) is 42.4 Å². The van der Waals surface area contributed by atoms with Crippen LogP contribution in [0.15, 0.2) is 36.5 Å². The van der Waals surface area contributed by atoms with E-state index in [9.17, 15) is 4.79 Å². The minimum absolute atomic E-state index is 0.289. The quantitative estimate of drug-likeness (QED) is 0.885. The third-order valence-electron chi connectivity index (χ3n) is 3.39. The number of nitrogens with two attached hydrogens (primary N) is 1. The Hall–Kier alpha value is -2.14. The molecule has 5 nitrogen and oxygen atoms in total. The molecule has 3 rings (SSSR count). The molecule has 1 aliphatic heterocycles. The Morgan fingerprint density at radius 2 is 2.05 bits per heavy atom. The first kappa shape index (κ1) is 11.9. The number of carbonyl (C=O) groups is 1. The summed E-state index contributed by atoms with van der Waals surface area (Å²) in [5, 5.41) is 0. The van der Waals surface area contributed by atoms with Crippen LogP contribution in [-0.4, -0.2) is 33.4 Å².